The van der Waals surface area contributed by atoms with E-state index in [1.54, 1.807) is 0 Å². The number of halogens is 9. The van der Waals surface area contributed by atoms with Crippen LogP contribution in [-0.2, 0) is 0 Å². The molecule has 0 amide bonds. The first-order valence-electron chi connectivity index (χ1n) is 3.12. The molecule has 0 aromatic heterocycles. The molecule has 0 saturated heterocycles. The van der Waals surface area contributed by atoms with Gasteiger partial charge in [0.15, 0.2) is 0 Å². The van der Waals surface area contributed by atoms with Crippen molar-refractivity contribution in [1.29, 1.82) is 0 Å². The molecule has 0 aromatic carbocycles. The van der Waals surface area contributed by atoms with Crippen LogP contribution in [0.3, 0.4) is 0 Å². The molecule has 0 spiro atoms. The highest BCUT2D eigenvalue weighted by Crippen LogP contribution is 2.53. The molecule has 0 N–H and O–H groups in total. The Balaban J connectivity index is 5.38. The molecule has 0 unspecified atom stereocenters. The maximum absolute atomic E-state index is 12.2. The molecule has 0 atom stereocenters. The predicted molar refractivity (Wildman–Crippen MR) is 34.7 cm³/mol. The van der Waals surface area contributed by atoms with Gasteiger partial charge in [0.1, 0.15) is 0 Å². The Labute approximate surface area is 82.8 Å². The molecule has 0 saturated carbocycles. The van der Waals surface area contributed by atoms with Gasteiger partial charge in [0.2, 0.25) is 0 Å². The normalized spacial score (nSPS) is 15.6. The molecule has 0 bridgehead atoms. The summed E-state index contributed by atoms with van der Waals surface area (Å²) in [7, 11) is 0. The van der Waals surface area contributed by atoms with Crippen molar-refractivity contribution in [2.75, 3.05) is 5.75 Å². The van der Waals surface area contributed by atoms with Crippen LogP contribution in [0, 0.1) is 0 Å². The van der Waals surface area contributed by atoms with Crippen molar-refractivity contribution in [1.82, 2.24) is 0 Å². The van der Waals surface area contributed by atoms with Crippen LogP contribution in [0.2, 0.25) is 0 Å². The van der Waals surface area contributed by atoms with Crippen molar-refractivity contribution in [2.45, 2.75) is 23.9 Å². The van der Waals surface area contributed by atoms with E-state index < -0.39 is 29.7 Å². The Bertz CT molecular complexity index is 229. The summed E-state index contributed by atoms with van der Waals surface area (Å²) in [5.41, 5.74) is 0. The minimum atomic E-state index is -6.81. The quantitative estimate of drug-likeness (QED) is 0.587. The minimum Gasteiger partial charge on any atom is -0.199 e. The van der Waals surface area contributed by atoms with Gasteiger partial charge in [0.05, 0.1) is 5.75 Å². The zero-order chi connectivity index (χ0) is 12.7. The van der Waals surface area contributed by atoms with E-state index in [9.17, 15) is 39.5 Å². The highest BCUT2D eigenvalue weighted by atomic mass is 32.1. The predicted octanol–water partition coefficient (Wildman–Crippen LogP) is 3.38. The van der Waals surface area contributed by atoms with Crippen LogP contribution in [0.25, 0.3) is 0 Å². The molecule has 0 aliphatic carbocycles. The van der Waals surface area contributed by atoms with Gasteiger partial charge in [-0.05, 0) is 0 Å². The van der Waals surface area contributed by atoms with E-state index in [0.29, 0.717) is 0 Å². The van der Waals surface area contributed by atoms with Crippen molar-refractivity contribution in [2.24, 2.45) is 0 Å². The average molecular weight is 266 g/mol. The first-order chi connectivity index (χ1) is 6.31. The van der Waals surface area contributed by atoms with Crippen LogP contribution in [-0.4, -0.2) is 29.7 Å². The van der Waals surface area contributed by atoms with Crippen LogP contribution >= 0.6 is 12.6 Å². The standard InChI is InChI=1S/C5H3F9S/c6-2(7,1-15)3(8,9)4(10,11)5(12,13)14/h15H,1H2. The number of rotatable bonds is 3. The fourth-order valence-electron chi connectivity index (χ4n) is 0.507. The Kier molecular flexibility index (Phi) is 3.56. The summed E-state index contributed by atoms with van der Waals surface area (Å²) in [6.07, 6.45) is -6.76. The summed E-state index contributed by atoms with van der Waals surface area (Å²) in [4.78, 5) is 0. The zero-order valence-electron chi connectivity index (χ0n) is 6.56. The van der Waals surface area contributed by atoms with Crippen molar-refractivity contribution in [3.8, 4) is 0 Å². The largest absolute Gasteiger partial charge is 0.460 e. The summed E-state index contributed by atoms with van der Waals surface area (Å²) in [6.45, 7) is 0. The second-order valence-corrected chi connectivity index (χ2v) is 2.83. The van der Waals surface area contributed by atoms with E-state index in [0.717, 1.165) is 0 Å². The summed E-state index contributed by atoms with van der Waals surface area (Å²) < 4.78 is 107. The van der Waals surface area contributed by atoms with E-state index in [-0.39, 0.29) is 0 Å². The molecule has 0 heterocycles. The van der Waals surface area contributed by atoms with Crippen LogP contribution in [0.4, 0.5) is 39.5 Å². The molecule has 0 fully saturated rings. The van der Waals surface area contributed by atoms with Crippen molar-refractivity contribution < 1.29 is 39.5 Å². The SMILES string of the molecule is FC(F)(F)C(F)(F)C(F)(F)C(F)(F)CS. The lowest BCUT2D eigenvalue weighted by Crippen LogP contribution is -2.61. The van der Waals surface area contributed by atoms with Crippen LogP contribution < -0.4 is 0 Å². The average Bonchev–Trinajstić information content (AvgIpc) is 2.01. The van der Waals surface area contributed by atoms with E-state index in [1.807, 2.05) is 0 Å². The highest BCUT2D eigenvalue weighted by Gasteiger charge is 2.81. The minimum absolute atomic E-state index is 2.13. The van der Waals surface area contributed by atoms with Gasteiger partial charge in [0, 0.05) is 0 Å². The van der Waals surface area contributed by atoms with Gasteiger partial charge in [-0.25, -0.2) is 0 Å². The van der Waals surface area contributed by atoms with E-state index in [1.165, 1.54) is 0 Å². The first-order valence-corrected chi connectivity index (χ1v) is 3.75. The number of hydrogen-bond donors (Lipinski definition) is 1. The first kappa shape index (κ1) is 14.7. The summed E-state index contributed by atoms with van der Waals surface area (Å²) in [6, 6.07) is 0. The Morgan fingerprint density at radius 1 is 0.667 bits per heavy atom. The van der Waals surface area contributed by atoms with Gasteiger partial charge in [-0.3, -0.25) is 0 Å². The van der Waals surface area contributed by atoms with Crippen LogP contribution in [0.1, 0.15) is 0 Å². The summed E-state index contributed by atoms with van der Waals surface area (Å²) >= 11 is 2.59. The van der Waals surface area contributed by atoms with Gasteiger partial charge < -0.3 is 0 Å². The molecule has 10 heteroatoms. The molecule has 92 valence electrons. The molecule has 0 rings (SSSR count). The van der Waals surface area contributed by atoms with Gasteiger partial charge in [0.25, 0.3) is 0 Å². The van der Waals surface area contributed by atoms with Gasteiger partial charge in [-0.1, -0.05) is 0 Å². The number of hydrogen-bond acceptors (Lipinski definition) is 1. The summed E-state index contributed by atoms with van der Waals surface area (Å²) in [5.74, 6) is -21.0. The lowest BCUT2D eigenvalue weighted by atomic mass is 10.1. The molecule has 0 radical (unpaired) electrons. The highest BCUT2D eigenvalue weighted by molar-refractivity contribution is 7.80. The fourth-order valence-corrected chi connectivity index (χ4v) is 0.706. The lowest BCUT2D eigenvalue weighted by Gasteiger charge is -2.32. The number of alkyl halides is 9. The molecule has 0 nitrogen and oxygen atoms in total. The second kappa shape index (κ2) is 3.63. The second-order valence-electron chi connectivity index (χ2n) is 2.51. The topological polar surface area (TPSA) is 0 Å². The molecule has 0 aliphatic rings. The van der Waals surface area contributed by atoms with Gasteiger partial charge in [-0.2, -0.15) is 52.1 Å². The lowest BCUT2D eigenvalue weighted by molar-refractivity contribution is -0.392. The molecular formula is C5H3F9S. The Morgan fingerprint density at radius 2 is 1.00 bits per heavy atom. The van der Waals surface area contributed by atoms with Gasteiger partial charge >= 0.3 is 23.9 Å². The Hall–Kier alpha value is -0.280. The van der Waals surface area contributed by atoms with E-state index in [2.05, 4.69) is 12.6 Å². The smallest absolute Gasteiger partial charge is 0.199 e. The molecular weight excluding hydrogens is 263 g/mol. The zero-order valence-corrected chi connectivity index (χ0v) is 7.45. The third-order valence-corrected chi connectivity index (χ3v) is 1.81. The van der Waals surface area contributed by atoms with Crippen molar-refractivity contribution in [3.05, 3.63) is 0 Å². The van der Waals surface area contributed by atoms with Crippen LogP contribution in [0.15, 0.2) is 0 Å². The third kappa shape index (κ3) is 2.13. The van der Waals surface area contributed by atoms with Gasteiger partial charge in [-0.15, -0.1) is 0 Å². The molecule has 0 aromatic rings. The number of thiol groups is 1. The van der Waals surface area contributed by atoms with E-state index in [4.69, 9.17) is 0 Å². The fraction of sp³-hybridized carbons (Fsp3) is 1.00. The maximum Gasteiger partial charge on any atom is 0.460 e. The summed E-state index contributed by atoms with van der Waals surface area (Å²) in [5, 5.41) is 0. The molecule has 0 aliphatic heterocycles. The maximum atomic E-state index is 12.2. The third-order valence-electron chi connectivity index (χ3n) is 1.41. The van der Waals surface area contributed by atoms with E-state index >= 15 is 0 Å². The van der Waals surface area contributed by atoms with Crippen molar-refractivity contribution >= 4 is 12.6 Å². The van der Waals surface area contributed by atoms with Crippen molar-refractivity contribution in [3.63, 3.8) is 0 Å². The Morgan fingerprint density at radius 3 is 1.20 bits per heavy atom. The van der Waals surface area contributed by atoms with Crippen LogP contribution in [0.5, 0.6) is 0 Å². The molecule has 15 heavy (non-hydrogen) atoms. The monoisotopic (exact) mass is 266 g/mol.